The Morgan fingerprint density at radius 3 is 1.71 bits per heavy atom. The smallest absolute Gasteiger partial charge is 0.160 e. The Morgan fingerprint density at radius 1 is 0.397 bits per heavy atom. The highest BCUT2D eigenvalue weighted by Crippen LogP contribution is 2.41. The summed E-state index contributed by atoms with van der Waals surface area (Å²) in [6, 6.07) is 72.3. The number of hydrogen-bond donors (Lipinski definition) is 0. The SMILES string of the molecule is C[Si]1(C)c2ccccc2-c2nc(-c3ccccc3)nc(-c3cccc(-c4cccc(-c5cccc6c5c5cc(-c7ccccc7)ccc5n6-c5ccccc5)c4)c3)c21. The van der Waals surface area contributed by atoms with E-state index < -0.39 is 8.07 Å². The standard InChI is InChI=1S/C54H39N3Si/c1-58(2)49-30-13-12-27-45(49)52-53(58)51(55-54(56-52)37-19-8-4-9-20-37)42-24-15-22-39(34-42)38-21-14-23-41(33-38)44-28-16-29-48-50(44)46-35-40(36-17-6-3-7-18-36)31-32-47(46)57(48)43-25-10-5-11-26-43/h3-35H,1-2H3. The van der Waals surface area contributed by atoms with Crippen molar-refractivity contribution in [1.29, 1.82) is 0 Å². The highest BCUT2D eigenvalue weighted by atomic mass is 28.3. The largest absolute Gasteiger partial charge is 0.309 e. The van der Waals surface area contributed by atoms with Gasteiger partial charge in [0.05, 0.1) is 22.4 Å². The molecule has 1 aliphatic rings. The Balaban J connectivity index is 1.08. The monoisotopic (exact) mass is 757 g/mol. The van der Waals surface area contributed by atoms with Crippen LogP contribution in [0.3, 0.4) is 0 Å². The topological polar surface area (TPSA) is 30.7 Å². The second kappa shape index (κ2) is 13.5. The summed E-state index contributed by atoms with van der Waals surface area (Å²) >= 11 is 0. The second-order valence-corrected chi connectivity index (χ2v) is 20.1. The fraction of sp³-hybridized carbons (Fsp3) is 0.0370. The molecule has 0 bridgehead atoms. The summed E-state index contributed by atoms with van der Waals surface area (Å²) in [5, 5.41) is 5.23. The van der Waals surface area contributed by atoms with Crippen LogP contribution >= 0.6 is 0 Å². The lowest BCUT2D eigenvalue weighted by Gasteiger charge is -2.22. The van der Waals surface area contributed by atoms with Crippen LogP contribution in [0.15, 0.2) is 200 Å². The van der Waals surface area contributed by atoms with E-state index in [1.165, 1.54) is 65.6 Å². The van der Waals surface area contributed by atoms with Gasteiger partial charge in [-0.15, -0.1) is 0 Å². The van der Waals surface area contributed by atoms with Crippen molar-refractivity contribution in [3.05, 3.63) is 200 Å². The molecule has 0 fully saturated rings. The highest BCUT2D eigenvalue weighted by molar-refractivity contribution is 7.04. The number of hydrogen-bond acceptors (Lipinski definition) is 2. The van der Waals surface area contributed by atoms with E-state index in [4.69, 9.17) is 9.97 Å². The zero-order valence-corrected chi connectivity index (χ0v) is 33.4. The van der Waals surface area contributed by atoms with Crippen molar-refractivity contribution in [3.63, 3.8) is 0 Å². The lowest BCUT2D eigenvalue weighted by atomic mass is 9.94. The third-order valence-electron chi connectivity index (χ3n) is 12.0. The molecule has 10 aromatic rings. The Kier molecular flexibility index (Phi) is 7.95. The fourth-order valence-electron chi connectivity index (χ4n) is 9.23. The maximum absolute atomic E-state index is 5.40. The van der Waals surface area contributed by atoms with Crippen LogP contribution in [-0.2, 0) is 0 Å². The Morgan fingerprint density at radius 2 is 0.948 bits per heavy atom. The van der Waals surface area contributed by atoms with E-state index in [1.54, 1.807) is 0 Å². The van der Waals surface area contributed by atoms with Crippen LogP contribution in [0.4, 0.5) is 0 Å². The van der Waals surface area contributed by atoms with Crippen LogP contribution in [0.2, 0.25) is 13.1 Å². The number of rotatable bonds is 6. The number of aromatic nitrogens is 3. The Labute approximate surface area is 339 Å². The van der Waals surface area contributed by atoms with Gasteiger partial charge < -0.3 is 4.57 Å². The minimum atomic E-state index is -2.11. The van der Waals surface area contributed by atoms with Gasteiger partial charge in [-0.05, 0) is 91.8 Å². The minimum Gasteiger partial charge on any atom is -0.309 e. The zero-order valence-electron chi connectivity index (χ0n) is 32.4. The maximum Gasteiger partial charge on any atom is 0.160 e. The molecule has 4 heteroatoms. The summed E-state index contributed by atoms with van der Waals surface area (Å²) in [7, 11) is -2.11. The van der Waals surface area contributed by atoms with Gasteiger partial charge in [0.15, 0.2) is 5.82 Å². The van der Waals surface area contributed by atoms with Crippen molar-refractivity contribution < 1.29 is 0 Å². The zero-order chi connectivity index (χ0) is 38.8. The molecule has 3 nitrogen and oxygen atoms in total. The maximum atomic E-state index is 5.40. The van der Waals surface area contributed by atoms with Crippen molar-refractivity contribution in [3.8, 4) is 73.0 Å². The molecule has 0 amide bonds. The molecule has 1 aliphatic heterocycles. The van der Waals surface area contributed by atoms with Crippen molar-refractivity contribution in [2.75, 3.05) is 0 Å². The predicted molar refractivity (Wildman–Crippen MR) is 246 cm³/mol. The van der Waals surface area contributed by atoms with Gasteiger partial charge in [0.1, 0.15) is 8.07 Å². The molecular formula is C54H39N3Si. The molecule has 274 valence electrons. The van der Waals surface area contributed by atoms with Gasteiger partial charge >= 0.3 is 0 Å². The molecule has 2 aromatic heterocycles. The summed E-state index contributed by atoms with van der Waals surface area (Å²) in [6.45, 7) is 4.89. The first-order chi connectivity index (χ1) is 28.5. The van der Waals surface area contributed by atoms with E-state index >= 15 is 0 Å². The first-order valence-electron chi connectivity index (χ1n) is 20.0. The second-order valence-electron chi connectivity index (χ2n) is 15.8. The van der Waals surface area contributed by atoms with Gasteiger partial charge in [-0.25, -0.2) is 9.97 Å². The van der Waals surface area contributed by atoms with Gasteiger partial charge in [0.2, 0.25) is 0 Å². The minimum absolute atomic E-state index is 0.765. The van der Waals surface area contributed by atoms with Crippen molar-refractivity contribution in [2.45, 2.75) is 13.1 Å². The van der Waals surface area contributed by atoms with Crippen LogP contribution in [0, 0.1) is 0 Å². The number of fused-ring (bicyclic) bond motifs is 6. The van der Waals surface area contributed by atoms with Gasteiger partial charge in [0.25, 0.3) is 0 Å². The number of nitrogens with zero attached hydrogens (tertiary/aromatic N) is 3. The fourth-order valence-corrected chi connectivity index (χ4v) is 12.5. The van der Waals surface area contributed by atoms with Crippen LogP contribution in [-0.4, -0.2) is 22.6 Å². The summed E-state index contributed by atoms with van der Waals surface area (Å²) in [5.41, 5.74) is 16.2. The summed E-state index contributed by atoms with van der Waals surface area (Å²) < 4.78 is 2.41. The summed E-state index contributed by atoms with van der Waals surface area (Å²) in [4.78, 5) is 10.7. The van der Waals surface area contributed by atoms with Crippen LogP contribution in [0.25, 0.3) is 94.8 Å². The molecule has 0 radical (unpaired) electrons. The van der Waals surface area contributed by atoms with Gasteiger partial charge in [-0.1, -0.05) is 171 Å². The Bertz CT molecular complexity index is 3180. The quantitative estimate of drug-likeness (QED) is 0.158. The van der Waals surface area contributed by atoms with E-state index in [0.29, 0.717) is 0 Å². The van der Waals surface area contributed by atoms with E-state index in [0.717, 1.165) is 39.6 Å². The third kappa shape index (κ3) is 5.48. The lowest BCUT2D eigenvalue weighted by Crippen LogP contribution is -2.50. The average Bonchev–Trinajstić information content (AvgIpc) is 3.75. The van der Waals surface area contributed by atoms with Crippen molar-refractivity contribution in [2.24, 2.45) is 0 Å². The molecule has 0 spiro atoms. The van der Waals surface area contributed by atoms with Crippen LogP contribution in [0.5, 0.6) is 0 Å². The lowest BCUT2D eigenvalue weighted by molar-refractivity contribution is 1.18. The molecule has 8 aromatic carbocycles. The Hall–Kier alpha value is -7.14. The number of benzene rings is 8. The van der Waals surface area contributed by atoms with Gasteiger partial charge in [-0.3, -0.25) is 0 Å². The molecular weight excluding hydrogens is 719 g/mol. The molecule has 0 N–H and O–H groups in total. The van der Waals surface area contributed by atoms with Crippen molar-refractivity contribution in [1.82, 2.24) is 14.5 Å². The van der Waals surface area contributed by atoms with Crippen molar-refractivity contribution >= 4 is 40.3 Å². The molecule has 0 unspecified atom stereocenters. The third-order valence-corrected chi connectivity index (χ3v) is 15.5. The molecule has 11 rings (SSSR count). The van der Waals surface area contributed by atoms with Crippen LogP contribution < -0.4 is 10.4 Å². The molecule has 3 heterocycles. The molecule has 0 saturated carbocycles. The predicted octanol–water partition coefficient (Wildman–Crippen LogP) is 12.7. The first kappa shape index (κ1) is 34.1. The molecule has 58 heavy (non-hydrogen) atoms. The average molecular weight is 758 g/mol. The first-order valence-corrected chi connectivity index (χ1v) is 23.0. The van der Waals surface area contributed by atoms with E-state index in [-0.39, 0.29) is 0 Å². The van der Waals surface area contributed by atoms with E-state index in [2.05, 4.69) is 212 Å². The number of para-hydroxylation sites is 1. The van der Waals surface area contributed by atoms with Gasteiger partial charge in [0, 0.05) is 27.6 Å². The van der Waals surface area contributed by atoms with E-state index in [9.17, 15) is 0 Å². The summed E-state index contributed by atoms with van der Waals surface area (Å²) in [6.07, 6.45) is 0. The normalized spacial score (nSPS) is 12.8. The molecule has 0 aliphatic carbocycles. The highest BCUT2D eigenvalue weighted by Gasteiger charge is 2.41. The van der Waals surface area contributed by atoms with E-state index in [1.807, 2.05) is 6.07 Å². The van der Waals surface area contributed by atoms with Crippen LogP contribution in [0.1, 0.15) is 0 Å². The van der Waals surface area contributed by atoms with Gasteiger partial charge in [-0.2, -0.15) is 0 Å². The summed E-state index contributed by atoms with van der Waals surface area (Å²) in [5.74, 6) is 0.765. The molecule has 0 atom stereocenters. The molecule has 0 saturated heterocycles.